The third-order valence-electron chi connectivity index (χ3n) is 4.77. The highest BCUT2D eigenvalue weighted by atomic mass is 35.5. The molecular formula is C16H20Cl2N2O2. The Labute approximate surface area is 140 Å². The van der Waals surface area contributed by atoms with Crippen LogP contribution in [0.15, 0.2) is 18.2 Å². The quantitative estimate of drug-likeness (QED) is 0.918. The maximum atomic E-state index is 12.6. The van der Waals surface area contributed by atoms with Crippen molar-refractivity contribution in [2.75, 3.05) is 13.1 Å². The van der Waals surface area contributed by atoms with Crippen molar-refractivity contribution in [3.8, 4) is 5.75 Å². The smallest absolute Gasteiger partial charge is 0.263 e. The number of hydrogen-bond donors (Lipinski definition) is 1. The summed E-state index contributed by atoms with van der Waals surface area (Å²) in [6, 6.07) is 5.21. The molecule has 1 saturated heterocycles. The second-order valence-corrected chi connectivity index (χ2v) is 7.09. The largest absolute Gasteiger partial charge is 0.479 e. The van der Waals surface area contributed by atoms with Crippen LogP contribution in [-0.4, -0.2) is 36.0 Å². The molecule has 22 heavy (non-hydrogen) atoms. The molecule has 4 atom stereocenters. The Kier molecular flexibility index (Phi) is 4.53. The van der Waals surface area contributed by atoms with Crippen LogP contribution >= 0.6 is 23.2 Å². The topological polar surface area (TPSA) is 55.6 Å². The molecule has 1 saturated carbocycles. The number of benzene rings is 1. The van der Waals surface area contributed by atoms with Gasteiger partial charge in [-0.25, -0.2) is 0 Å². The van der Waals surface area contributed by atoms with E-state index in [4.69, 9.17) is 33.7 Å². The number of amides is 1. The van der Waals surface area contributed by atoms with Crippen LogP contribution < -0.4 is 10.5 Å². The lowest BCUT2D eigenvalue weighted by Crippen LogP contribution is -2.40. The zero-order valence-corrected chi connectivity index (χ0v) is 14.0. The third-order valence-corrected chi connectivity index (χ3v) is 5.30. The van der Waals surface area contributed by atoms with Crippen LogP contribution in [0.1, 0.15) is 19.8 Å². The van der Waals surface area contributed by atoms with Gasteiger partial charge in [-0.3, -0.25) is 4.79 Å². The van der Waals surface area contributed by atoms with Crippen molar-refractivity contribution in [3.05, 3.63) is 28.2 Å². The summed E-state index contributed by atoms with van der Waals surface area (Å²) < 4.78 is 5.71. The van der Waals surface area contributed by atoms with Crippen molar-refractivity contribution >= 4 is 29.1 Å². The molecule has 1 aliphatic carbocycles. The number of carbonyl (C=O) groups is 1. The monoisotopic (exact) mass is 342 g/mol. The summed E-state index contributed by atoms with van der Waals surface area (Å²) in [7, 11) is 0. The summed E-state index contributed by atoms with van der Waals surface area (Å²) in [6.07, 6.45) is 1.62. The fourth-order valence-electron chi connectivity index (χ4n) is 3.56. The van der Waals surface area contributed by atoms with E-state index in [2.05, 4.69) is 0 Å². The van der Waals surface area contributed by atoms with Gasteiger partial charge in [-0.2, -0.15) is 0 Å². The van der Waals surface area contributed by atoms with Crippen molar-refractivity contribution in [2.45, 2.75) is 31.9 Å². The number of halogens is 2. The molecule has 0 spiro atoms. The van der Waals surface area contributed by atoms with Crippen molar-refractivity contribution in [3.63, 3.8) is 0 Å². The first-order chi connectivity index (χ1) is 10.5. The van der Waals surface area contributed by atoms with E-state index in [1.807, 2.05) is 4.90 Å². The maximum Gasteiger partial charge on any atom is 0.263 e. The van der Waals surface area contributed by atoms with Gasteiger partial charge < -0.3 is 15.4 Å². The second-order valence-electron chi connectivity index (χ2n) is 6.24. The zero-order chi connectivity index (χ0) is 15.9. The van der Waals surface area contributed by atoms with Crippen molar-refractivity contribution in [1.82, 2.24) is 4.90 Å². The highest BCUT2D eigenvalue weighted by molar-refractivity contribution is 6.35. The molecular weight excluding hydrogens is 323 g/mol. The summed E-state index contributed by atoms with van der Waals surface area (Å²) in [4.78, 5) is 14.4. The van der Waals surface area contributed by atoms with Crippen LogP contribution in [-0.2, 0) is 4.79 Å². The average Bonchev–Trinajstić information content (AvgIpc) is 3.03. The lowest BCUT2D eigenvalue weighted by molar-refractivity contribution is -0.137. The van der Waals surface area contributed by atoms with E-state index < -0.39 is 6.10 Å². The van der Waals surface area contributed by atoms with Gasteiger partial charge in [0.25, 0.3) is 5.91 Å². The van der Waals surface area contributed by atoms with Crippen LogP contribution in [0.25, 0.3) is 0 Å². The molecule has 0 bridgehead atoms. The van der Waals surface area contributed by atoms with Gasteiger partial charge in [0.15, 0.2) is 6.10 Å². The van der Waals surface area contributed by atoms with Crippen LogP contribution in [0.3, 0.4) is 0 Å². The first-order valence-electron chi connectivity index (χ1n) is 7.62. The number of carbonyl (C=O) groups excluding carboxylic acids is 1. The van der Waals surface area contributed by atoms with E-state index in [9.17, 15) is 4.79 Å². The Morgan fingerprint density at radius 3 is 2.82 bits per heavy atom. The van der Waals surface area contributed by atoms with Gasteiger partial charge in [0.05, 0.1) is 5.02 Å². The Morgan fingerprint density at radius 2 is 2.14 bits per heavy atom. The van der Waals surface area contributed by atoms with E-state index in [0.29, 0.717) is 27.6 Å². The molecule has 0 radical (unpaired) electrons. The minimum absolute atomic E-state index is 0.00684. The summed E-state index contributed by atoms with van der Waals surface area (Å²) >= 11 is 11.9. The highest BCUT2D eigenvalue weighted by Gasteiger charge is 2.43. The molecule has 4 nitrogen and oxygen atoms in total. The highest BCUT2D eigenvalue weighted by Crippen LogP contribution is 2.37. The van der Waals surface area contributed by atoms with Gasteiger partial charge in [-0.05, 0) is 49.8 Å². The molecule has 1 amide bonds. The molecule has 2 aliphatic rings. The van der Waals surface area contributed by atoms with Gasteiger partial charge in [-0.15, -0.1) is 0 Å². The lowest BCUT2D eigenvalue weighted by atomic mass is 9.98. The van der Waals surface area contributed by atoms with Crippen LogP contribution in [0, 0.1) is 11.8 Å². The third kappa shape index (κ3) is 3.05. The van der Waals surface area contributed by atoms with Crippen molar-refractivity contribution < 1.29 is 9.53 Å². The normalized spacial score (nSPS) is 28.5. The fraction of sp³-hybridized carbons (Fsp3) is 0.562. The minimum Gasteiger partial charge on any atom is -0.479 e. The molecule has 120 valence electrons. The van der Waals surface area contributed by atoms with Crippen molar-refractivity contribution in [2.24, 2.45) is 17.6 Å². The van der Waals surface area contributed by atoms with E-state index in [-0.39, 0.29) is 11.9 Å². The predicted octanol–water partition coefficient (Wildman–Crippen LogP) is 2.96. The predicted molar refractivity (Wildman–Crippen MR) is 87.3 cm³/mol. The number of nitrogens with two attached hydrogens (primary N) is 1. The van der Waals surface area contributed by atoms with Gasteiger partial charge in [0.2, 0.25) is 0 Å². The van der Waals surface area contributed by atoms with E-state index in [1.165, 1.54) is 0 Å². The van der Waals surface area contributed by atoms with Crippen LogP contribution in [0.4, 0.5) is 0 Å². The molecule has 3 rings (SSSR count). The summed E-state index contributed by atoms with van der Waals surface area (Å²) in [5.41, 5.74) is 6.12. The number of rotatable bonds is 3. The molecule has 1 aliphatic heterocycles. The van der Waals surface area contributed by atoms with E-state index in [1.54, 1.807) is 25.1 Å². The number of ether oxygens (including phenoxy) is 1. The molecule has 2 fully saturated rings. The molecule has 1 aromatic carbocycles. The summed E-state index contributed by atoms with van der Waals surface area (Å²) in [5.74, 6) is 1.45. The van der Waals surface area contributed by atoms with E-state index >= 15 is 0 Å². The number of likely N-dealkylation sites (tertiary alicyclic amines) is 1. The SMILES string of the molecule is CC(Oc1ccc(Cl)cc1Cl)C(=O)N1CC2CCC(N)C2C1. The first kappa shape index (κ1) is 15.9. The van der Waals surface area contributed by atoms with Gasteiger partial charge in [0.1, 0.15) is 5.75 Å². The maximum absolute atomic E-state index is 12.6. The number of nitrogens with zero attached hydrogens (tertiary/aromatic N) is 1. The molecule has 4 unspecified atom stereocenters. The second kappa shape index (κ2) is 6.26. The Morgan fingerprint density at radius 1 is 1.36 bits per heavy atom. The Balaban J connectivity index is 1.63. The summed E-state index contributed by atoms with van der Waals surface area (Å²) in [6.45, 7) is 3.28. The Hall–Kier alpha value is -0.970. The van der Waals surface area contributed by atoms with Crippen LogP contribution in [0.2, 0.25) is 10.0 Å². The average molecular weight is 343 g/mol. The lowest BCUT2D eigenvalue weighted by Gasteiger charge is -2.23. The minimum atomic E-state index is -0.575. The zero-order valence-electron chi connectivity index (χ0n) is 12.5. The van der Waals surface area contributed by atoms with Gasteiger partial charge in [-0.1, -0.05) is 23.2 Å². The van der Waals surface area contributed by atoms with Crippen LogP contribution in [0.5, 0.6) is 5.75 Å². The van der Waals surface area contributed by atoms with Gasteiger partial charge in [0, 0.05) is 24.2 Å². The molecule has 1 heterocycles. The number of hydrogen-bond acceptors (Lipinski definition) is 3. The molecule has 6 heteroatoms. The molecule has 2 N–H and O–H groups in total. The molecule has 1 aromatic rings. The number of fused-ring (bicyclic) bond motifs is 1. The fourth-order valence-corrected chi connectivity index (χ4v) is 4.01. The first-order valence-corrected chi connectivity index (χ1v) is 8.37. The standard InChI is InChI=1S/C16H20Cl2N2O2/c1-9(22-15-5-3-11(17)6-13(15)18)16(21)20-7-10-2-4-14(19)12(10)8-20/h3,5-6,9-10,12,14H,2,4,7-8,19H2,1H3. The van der Waals surface area contributed by atoms with Crippen molar-refractivity contribution in [1.29, 1.82) is 0 Å². The van der Waals surface area contributed by atoms with Gasteiger partial charge >= 0.3 is 0 Å². The summed E-state index contributed by atoms with van der Waals surface area (Å²) in [5, 5.41) is 0.949. The van der Waals surface area contributed by atoms with E-state index in [0.717, 1.165) is 25.9 Å². The Bertz CT molecular complexity index is 581. The molecule has 0 aromatic heterocycles.